The number of nitrogens with zero attached hydrogens (tertiary/aromatic N) is 3. The molecule has 10 nitrogen and oxygen atoms in total. The molecule has 0 radical (unpaired) electrons. The number of aliphatic carboxylic acids is 1. The number of sulfonamides is 1. The number of carboxylic acids is 1. The predicted molar refractivity (Wildman–Crippen MR) is 193 cm³/mol. The fourth-order valence-electron chi connectivity index (χ4n) is 6.34. The molecule has 1 fully saturated rings. The van der Waals surface area contributed by atoms with Crippen molar-refractivity contribution in [2.45, 2.75) is 122 Å². The van der Waals surface area contributed by atoms with Crippen LogP contribution in [0.3, 0.4) is 0 Å². The van der Waals surface area contributed by atoms with Crippen molar-refractivity contribution < 1.29 is 35.7 Å². The number of benzene rings is 1. The molecule has 2 atom stereocenters. The molecule has 0 bridgehead atoms. The third kappa shape index (κ3) is 8.80. The van der Waals surface area contributed by atoms with Crippen molar-refractivity contribution in [3.05, 3.63) is 47.4 Å². The first-order valence-electron chi connectivity index (χ1n) is 16.7. The molecule has 1 saturated heterocycles. The first-order chi connectivity index (χ1) is 22.1. The summed E-state index contributed by atoms with van der Waals surface area (Å²) < 4.78 is 61.5. The second-order valence-corrected chi connectivity index (χ2v) is 25.1. The molecular weight excluding hydrogens is 670 g/mol. The minimum atomic E-state index is -3.68. The SMILES string of the molecule is CC(C)c1nc(N(C)S(C)(=O)=O)nc(-c2ccc(F)cc2)c1C=CC1CC(CC(=O)O)O[Si](C(C)C)(C(C)C)O[Si](C(C)C)(C(C)C)O1. The summed E-state index contributed by atoms with van der Waals surface area (Å²) in [5, 5.41) is 9.91. The molecule has 1 aromatic carbocycles. The van der Waals surface area contributed by atoms with E-state index < -0.39 is 51.1 Å². The van der Waals surface area contributed by atoms with Gasteiger partial charge in [-0.05, 0) is 52.3 Å². The Kier molecular flexibility index (Phi) is 13.0. The first kappa shape index (κ1) is 39.9. The van der Waals surface area contributed by atoms with E-state index >= 15 is 0 Å². The molecule has 0 saturated carbocycles. The van der Waals surface area contributed by atoms with Crippen LogP contribution in [0.15, 0.2) is 30.3 Å². The first-order valence-corrected chi connectivity index (χ1v) is 22.5. The largest absolute Gasteiger partial charge is 0.481 e. The molecule has 2 aromatic rings. The van der Waals surface area contributed by atoms with Gasteiger partial charge in [0.15, 0.2) is 0 Å². The smallest absolute Gasteiger partial charge is 0.335 e. The normalized spacial score (nSPS) is 20.2. The molecule has 2 heterocycles. The van der Waals surface area contributed by atoms with Gasteiger partial charge in [-0.1, -0.05) is 81.4 Å². The Hall–Kier alpha value is -2.50. The van der Waals surface area contributed by atoms with Crippen molar-refractivity contribution in [2.24, 2.45) is 0 Å². The van der Waals surface area contributed by atoms with Gasteiger partial charge in [0.25, 0.3) is 0 Å². The number of hydrogen-bond donors (Lipinski definition) is 1. The quantitative estimate of drug-likeness (QED) is 0.217. The van der Waals surface area contributed by atoms with E-state index in [4.69, 9.17) is 18.0 Å². The van der Waals surface area contributed by atoms with E-state index in [0.29, 0.717) is 28.9 Å². The Morgan fingerprint density at radius 1 is 0.958 bits per heavy atom. The maximum absolute atomic E-state index is 14.0. The lowest BCUT2D eigenvalue weighted by molar-refractivity contribution is -0.139. The summed E-state index contributed by atoms with van der Waals surface area (Å²) in [6.45, 7) is 20.8. The van der Waals surface area contributed by atoms with Crippen LogP contribution < -0.4 is 4.31 Å². The third-order valence-corrected chi connectivity index (χ3v) is 20.5. The topological polar surface area (TPSA) is 128 Å². The second kappa shape index (κ2) is 15.6. The van der Waals surface area contributed by atoms with Gasteiger partial charge in [0.05, 0.1) is 36.3 Å². The number of anilines is 1. The maximum Gasteiger partial charge on any atom is 0.335 e. The van der Waals surface area contributed by atoms with Crippen LogP contribution in [0.25, 0.3) is 17.3 Å². The molecule has 2 unspecified atom stereocenters. The van der Waals surface area contributed by atoms with Gasteiger partial charge in [0, 0.05) is 24.6 Å². The maximum atomic E-state index is 14.0. The molecule has 3 rings (SSSR count). The Morgan fingerprint density at radius 2 is 1.48 bits per heavy atom. The molecule has 14 heteroatoms. The lowest BCUT2D eigenvalue weighted by Gasteiger charge is -2.52. The van der Waals surface area contributed by atoms with Gasteiger partial charge < -0.3 is 18.1 Å². The van der Waals surface area contributed by atoms with Crippen molar-refractivity contribution in [2.75, 3.05) is 17.6 Å². The lowest BCUT2D eigenvalue weighted by Crippen LogP contribution is -2.64. The zero-order valence-electron chi connectivity index (χ0n) is 30.4. The molecule has 268 valence electrons. The number of carboxylic acid groups (broad SMARTS) is 1. The van der Waals surface area contributed by atoms with Gasteiger partial charge in [0.2, 0.25) is 16.0 Å². The zero-order chi connectivity index (χ0) is 36.4. The average Bonchev–Trinajstić information content (AvgIpc) is 2.95. The highest BCUT2D eigenvalue weighted by atomic mass is 32.2. The second-order valence-electron chi connectivity index (χ2n) is 14.3. The standard InChI is InChI=1S/C34H54FN3O7SSi2/c1-21(2)32-30(33(26-13-15-27(35)16-14-26)37-34(36-32)38(11)46(12,41)42)18-17-28-19-29(20-31(39)40)44-48(24(7)8,25(9)10)45-47(43-28,22(3)4)23(5)6/h13-18,21-25,28-29H,19-20H2,1-12H3,(H,39,40). The molecule has 0 spiro atoms. The van der Waals surface area contributed by atoms with Crippen LogP contribution in [0.1, 0.15) is 99.3 Å². The average molecular weight is 724 g/mol. The monoisotopic (exact) mass is 723 g/mol. The third-order valence-electron chi connectivity index (χ3n) is 9.01. The summed E-state index contributed by atoms with van der Waals surface area (Å²) in [7, 11) is -8.31. The molecule has 1 aliphatic heterocycles. The van der Waals surface area contributed by atoms with E-state index in [1.165, 1.54) is 19.2 Å². The summed E-state index contributed by atoms with van der Waals surface area (Å²) in [5.74, 6) is -1.53. The van der Waals surface area contributed by atoms with Crippen LogP contribution in [0.4, 0.5) is 10.3 Å². The molecular formula is C34H54FN3O7SSi2. The number of carbonyl (C=O) groups is 1. The van der Waals surface area contributed by atoms with E-state index in [2.05, 4.69) is 60.4 Å². The van der Waals surface area contributed by atoms with Gasteiger partial charge in [-0.2, -0.15) is 0 Å². The summed E-state index contributed by atoms with van der Waals surface area (Å²) in [4.78, 5) is 21.5. The van der Waals surface area contributed by atoms with E-state index in [-0.39, 0.29) is 40.5 Å². The fourth-order valence-corrected chi connectivity index (χ4v) is 18.0. The number of aromatic nitrogens is 2. The van der Waals surface area contributed by atoms with Gasteiger partial charge in [-0.15, -0.1) is 0 Å². The lowest BCUT2D eigenvalue weighted by atomic mass is 9.97. The van der Waals surface area contributed by atoms with E-state index in [9.17, 15) is 22.7 Å². The minimum absolute atomic E-state index is 0.00193. The van der Waals surface area contributed by atoms with Gasteiger partial charge in [-0.25, -0.2) is 27.1 Å². The highest BCUT2D eigenvalue weighted by molar-refractivity contribution is 7.92. The Morgan fingerprint density at radius 3 is 1.94 bits per heavy atom. The fraction of sp³-hybridized carbons (Fsp3) is 0.618. The summed E-state index contributed by atoms with van der Waals surface area (Å²) in [6, 6.07) is 5.84. The summed E-state index contributed by atoms with van der Waals surface area (Å²) in [5.41, 5.74) is 2.46. The van der Waals surface area contributed by atoms with Gasteiger partial charge in [-0.3, -0.25) is 4.79 Å². The summed E-state index contributed by atoms with van der Waals surface area (Å²) in [6.07, 6.45) is 3.71. The predicted octanol–water partition coefficient (Wildman–Crippen LogP) is 8.00. The Balaban J connectivity index is 2.29. The van der Waals surface area contributed by atoms with Crippen LogP contribution >= 0.6 is 0 Å². The van der Waals surface area contributed by atoms with Crippen molar-refractivity contribution in [3.8, 4) is 11.3 Å². The minimum Gasteiger partial charge on any atom is -0.481 e. The van der Waals surface area contributed by atoms with E-state index in [1.54, 1.807) is 12.1 Å². The Labute approximate surface area is 288 Å². The molecule has 1 aliphatic rings. The number of hydrogen-bond acceptors (Lipinski definition) is 8. The van der Waals surface area contributed by atoms with Crippen LogP contribution in [-0.4, -0.2) is 72.1 Å². The van der Waals surface area contributed by atoms with E-state index in [0.717, 1.165) is 10.6 Å². The molecule has 0 amide bonds. The molecule has 0 aliphatic carbocycles. The number of rotatable bonds is 12. The molecule has 1 N–H and O–H groups in total. The van der Waals surface area contributed by atoms with Crippen LogP contribution in [0, 0.1) is 5.82 Å². The highest BCUT2D eigenvalue weighted by Crippen LogP contribution is 2.47. The van der Waals surface area contributed by atoms with E-state index in [1.807, 2.05) is 26.0 Å². The van der Waals surface area contributed by atoms with Crippen LogP contribution in [-0.2, 0) is 27.8 Å². The molecule has 1 aromatic heterocycles. The molecule has 48 heavy (non-hydrogen) atoms. The van der Waals surface area contributed by atoms with Crippen molar-refractivity contribution in [1.29, 1.82) is 0 Å². The number of halogens is 1. The highest BCUT2D eigenvalue weighted by Gasteiger charge is 2.58. The van der Waals surface area contributed by atoms with Gasteiger partial charge >= 0.3 is 23.1 Å². The summed E-state index contributed by atoms with van der Waals surface area (Å²) >= 11 is 0. The zero-order valence-corrected chi connectivity index (χ0v) is 33.3. The van der Waals surface area contributed by atoms with Gasteiger partial charge in [0.1, 0.15) is 5.82 Å². The van der Waals surface area contributed by atoms with Crippen molar-refractivity contribution in [3.63, 3.8) is 0 Å². The van der Waals surface area contributed by atoms with Crippen molar-refractivity contribution >= 4 is 45.1 Å². The Bertz CT molecular complexity index is 1550. The van der Waals surface area contributed by atoms with Crippen molar-refractivity contribution in [1.82, 2.24) is 9.97 Å². The van der Waals surface area contributed by atoms with Crippen LogP contribution in [0.5, 0.6) is 0 Å². The van der Waals surface area contributed by atoms with Crippen LogP contribution in [0.2, 0.25) is 22.2 Å².